The van der Waals surface area contributed by atoms with E-state index < -0.39 is 0 Å². The second-order valence-electron chi connectivity index (χ2n) is 3.37. The Hall–Kier alpha value is -0.0800. The first-order valence-electron chi connectivity index (χ1n) is 4.74. The number of hydrogen-bond acceptors (Lipinski definition) is 2. The average molecular weight is 172 g/mol. The molecule has 2 heteroatoms. The molecule has 0 aromatic rings. The fourth-order valence-corrected chi connectivity index (χ4v) is 1.83. The standard InChI is InChI=1S/C9H20N2.CH4/c1-4-10-6-7-11(5-2)9(3)8-10;/h9H,4-8H2,1-3H3;1H4/t9-;/m1./s1. The highest BCUT2D eigenvalue weighted by atomic mass is 15.3. The van der Waals surface area contributed by atoms with Gasteiger partial charge in [0.05, 0.1) is 0 Å². The molecule has 1 fully saturated rings. The lowest BCUT2D eigenvalue weighted by molar-refractivity contribution is 0.0919. The van der Waals surface area contributed by atoms with Crippen LogP contribution in [0.1, 0.15) is 28.2 Å². The Morgan fingerprint density at radius 2 is 1.83 bits per heavy atom. The smallest absolute Gasteiger partial charge is 0.0195 e. The number of hydrogen-bond donors (Lipinski definition) is 0. The Labute approximate surface area is 77.5 Å². The zero-order chi connectivity index (χ0) is 8.27. The zero-order valence-corrected chi connectivity index (χ0v) is 8.01. The number of likely N-dealkylation sites (N-methyl/N-ethyl adjacent to an activating group) is 2. The second-order valence-corrected chi connectivity index (χ2v) is 3.37. The highest BCUT2D eigenvalue weighted by Crippen LogP contribution is 2.07. The maximum Gasteiger partial charge on any atom is 0.0195 e. The molecule has 0 aromatic carbocycles. The van der Waals surface area contributed by atoms with Crippen molar-refractivity contribution in [3.05, 3.63) is 0 Å². The molecule has 0 unspecified atom stereocenters. The van der Waals surface area contributed by atoms with E-state index in [4.69, 9.17) is 0 Å². The van der Waals surface area contributed by atoms with Crippen molar-refractivity contribution >= 4 is 0 Å². The third-order valence-electron chi connectivity index (χ3n) is 2.70. The number of piperazine rings is 1. The third kappa shape index (κ3) is 2.76. The van der Waals surface area contributed by atoms with Crippen molar-refractivity contribution in [2.24, 2.45) is 0 Å². The molecule has 1 atom stereocenters. The molecule has 12 heavy (non-hydrogen) atoms. The quantitative estimate of drug-likeness (QED) is 0.625. The molecule has 1 rings (SSSR count). The van der Waals surface area contributed by atoms with E-state index >= 15 is 0 Å². The summed E-state index contributed by atoms with van der Waals surface area (Å²) < 4.78 is 0. The molecule has 0 spiro atoms. The number of rotatable bonds is 2. The lowest BCUT2D eigenvalue weighted by Crippen LogP contribution is -2.51. The van der Waals surface area contributed by atoms with E-state index in [1.165, 1.54) is 32.7 Å². The van der Waals surface area contributed by atoms with Gasteiger partial charge in [-0.1, -0.05) is 21.3 Å². The van der Waals surface area contributed by atoms with Gasteiger partial charge in [-0.05, 0) is 20.0 Å². The van der Waals surface area contributed by atoms with Gasteiger partial charge in [-0.3, -0.25) is 4.90 Å². The van der Waals surface area contributed by atoms with Crippen molar-refractivity contribution in [3.8, 4) is 0 Å². The predicted molar refractivity (Wildman–Crippen MR) is 55.6 cm³/mol. The molecule has 1 saturated heterocycles. The summed E-state index contributed by atoms with van der Waals surface area (Å²) in [6.45, 7) is 13.0. The van der Waals surface area contributed by atoms with Gasteiger partial charge in [-0.2, -0.15) is 0 Å². The predicted octanol–water partition coefficient (Wildman–Crippen LogP) is 1.67. The average Bonchev–Trinajstić information content (AvgIpc) is 2.04. The summed E-state index contributed by atoms with van der Waals surface area (Å²) in [5.74, 6) is 0. The molecule has 0 saturated carbocycles. The molecule has 1 heterocycles. The second kappa shape index (κ2) is 5.55. The largest absolute Gasteiger partial charge is 0.301 e. The van der Waals surface area contributed by atoms with Gasteiger partial charge in [-0.25, -0.2) is 0 Å². The molecule has 0 radical (unpaired) electrons. The van der Waals surface area contributed by atoms with Gasteiger partial charge in [0.2, 0.25) is 0 Å². The fraction of sp³-hybridized carbons (Fsp3) is 1.00. The van der Waals surface area contributed by atoms with Gasteiger partial charge in [0, 0.05) is 25.7 Å². The Bertz CT molecular complexity index is 114. The maximum atomic E-state index is 2.55. The zero-order valence-electron chi connectivity index (χ0n) is 8.01. The highest BCUT2D eigenvalue weighted by Gasteiger charge is 2.20. The van der Waals surface area contributed by atoms with Crippen LogP contribution in [0.25, 0.3) is 0 Å². The van der Waals surface area contributed by atoms with Crippen LogP contribution in [0.3, 0.4) is 0 Å². The van der Waals surface area contributed by atoms with Crippen molar-refractivity contribution in [2.75, 3.05) is 32.7 Å². The highest BCUT2D eigenvalue weighted by molar-refractivity contribution is 4.77. The Morgan fingerprint density at radius 3 is 2.25 bits per heavy atom. The molecule has 1 aliphatic heterocycles. The first-order chi connectivity index (χ1) is 5.27. The Kier molecular flexibility index (Phi) is 5.51. The monoisotopic (exact) mass is 172 g/mol. The molecule has 0 amide bonds. The van der Waals surface area contributed by atoms with Crippen molar-refractivity contribution in [1.82, 2.24) is 9.80 Å². The first-order valence-corrected chi connectivity index (χ1v) is 4.74. The lowest BCUT2D eigenvalue weighted by atomic mass is 10.2. The van der Waals surface area contributed by atoms with Crippen LogP contribution in [-0.4, -0.2) is 48.6 Å². The van der Waals surface area contributed by atoms with Gasteiger partial charge in [0.25, 0.3) is 0 Å². The van der Waals surface area contributed by atoms with Crippen molar-refractivity contribution in [2.45, 2.75) is 34.2 Å². The van der Waals surface area contributed by atoms with Crippen molar-refractivity contribution in [1.29, 1.82) is 0 Å². The van der Waals surface area contributed by atoms with Crippen LogP contribution in [0.2, 0.25) is 0 Å². The minimum atomic E-state index is 0. The van der Waals surface area contributed by atoms with Crippen LogP contribution in [0.4, 0.5) is 0 Å². The normalized spacial score (nSPS) is 26.8. The lowest BCUT2D eigenvalue weighted by Gasteiger charge is -2.38. The summed E-state index contributed by atoms with van der Waals surface area (Å²) in [6, 6.07) is 0.758. The molecule has 1 aliphatic rings. The first kappa shape index (κ1) is 11.9. The molecule has 74 valence electrons. The number of nitrogens with zero attached hydrogens (tertiary/aromatic N) is 2. The van der Waals surface area contributed by atoms with Crippen LogP contribution in [0.5, 0.6) is 0 Å². The summed E-state index contributed by atoms with van der Waals surface area (Å²) in [5, 5.41) is 0. The van der Waals surface area contributed by atoms with Gasteiger partial charge in [0.15, 0.2) is 0 Å². The van der Waals surface area contributed by atoms with E-state index in [1.54, 1.807) is 0 Å². The molecule has 0 aliphatic carbocycles. The molecule has 2 nitrogen and oxygen atoms in total. The minimum Gasteiger partial charge on any atom is -0.301 e. The minimum absolute atomic E-state index is 0. The third-order valence-corrected chi connectivity index (χ3v) is 2.70. The Morgan fingerprint density at radius 1 is 1.17 bits per heavy atom. The SMILES string of the molecule is C.CCN1CCN(CC)[C@H](C)C1. The van der Waals surface area contributed by atoms with E-state index in [1.807, 2.05) is 0 Å². The van der Waals surface area contributed by atoms with Crippen LogP contribution in [0.15, 0.2) is 0 Å². The van der Waals surface area contributed by atoms with Gasteiger partial charge in [0.1, 0.15) is 0 Å². The van der Waals surface area contributed by atoms with E-state index in [0.29, 0.717) is 0 Å². The van der Waals surface area contributed by atoms with Crippen molar-refractivity contribution < 1.29 is 0 Å². The van der Waals surface area contributed by atoms with E-state index in [0.717, 1.165) is 6.04 Å². The van der Waals surface area contributed by atoms with Crippen LogP contribution >= 0.6 is 0 Å². The van der Waals surface area contributed by atoms with Gasteiger partial charge >= 0.3 is 0 Å². The molecule has 0 bridgehead atoms. The van der Waals surface area contributed by atoms with Crippen LogP contribution in [-0.2, 0) is 0 Å². The topological polar surface area (TPSA) is 6.48 Å². The molecular weight excluding hydrogens is 148 g/mol. The van der Waals surface area contributed by atoms with Crippen LogP contribution < -0.4 is 0 Å². The maximum absolute atomic E-state index is 2.55. The summed E-state index contributed by atoms with van der Waals surface area (Å²) in [7, 11) is 0. The van der Waals surface area contributed by atoms with Crippen LogP contribution in [0, 0.1) is 0 Å². The van der Waals surface area contributed by atoms with Crippen molar-refractivity contribution in [3.63, 3.8) is 0 Å². The van der Waals surface area contributed by atoms with E-state index in [-0.39, 0.29) is 7.43 Å². The van der Waals surface area contributed by atoms with Gasteiger partial charge < -0.3 is 4.90 Å². The Balaban J connectivity index is 0.00000121. The summed E-state index contributed by atoms with van der Waals surface area (Å²) in [6.07, 6.45) is 0. The molecular formula is C10H24N2. The van der Waals surface area contributed by atoms with Gasteiger partial charge in [-0.15, -0.1) is 0 Å². The fourth-order valence-electron chi connectivity index (χ4n) is 1.83. The molecule has 0 aromatic heterocycles. The molecule has 0 N–H and O–H groups in total. The summed E-state index contributed by atoms with van der Waals surface area (Å²) in [4.78, 5) is 5.07. The van der Waals surface area contributed by atoms with E-state index in [9.17, 15) is 0 Å². The summed E-state index contributed by atoms with van der Waals surface area (Å²) in [5.41, 5.74) is 0. The van der Waals surface area contributed by atoms with E-state index in [2.05, 4.69) is 30.6 Å². The summed E-state index contributed by atoms with van der Waals surface area (Å²) >= 11 is 0.